The molecule has 0 N–H and O–H groups in total. The van der Waals surface area contributed by atoms with Crippen molar-refractivity contribution in [3.63, 3.8) is 0 Å². The Morgan fingerprint density at radius 2 is 2.25 bits per heavy atom. The number of Topliss-reactive ketones (excluding diaryl/α,β-unsaturated/α-hetero) is 1. The largest absolute Gasteiger partial charge is 0.294 e. The van der Waals surface area contributed by atoms with E-state index in [1.807, 2.05) is 6.92 Å². The second-order valence-corrected chi connectivity index (χ2v) is 3.00. The quantitative estimate of drug-likeness (QED) is 0.661. The zero-order chi connectivity index (χ0) is 9.30. The van der Waals surface area contributed by atoms with Gasteiger partial charge in [-0.25, -0.2) is 0 Å². The Bertz CT molecular complexity index is 317. The van der Waals surface area contributed by atoms with Crippen LogP contribution >= 0.6 is 11.6 Å². The predicted molar refractivity (Wildman–Crippen MR) is 47.6 cm³/mol. The molecule has 0 aliphatic carbocycles. The third kappa shape index (κ3) is 1.37. The zero-order valence-corrected chi connectivity index (χ0v) is 8.14. The lowest BCUT2D eigenvalue weighted by Gasteiger charge is -1.98. The molecule has 4 heteroatoms. The van der Waals surface area contributed by atoms with E-state index in [0.29, 0.717) is 10.7 Å². The standard InChI is InChI=1S/C8H11ClN2O/c1-4-6-7(5(2)12)8(9)10-11(6)3/h4H2,1-3H3. The molecule has 0 saturated carbocycles. The number of aryl methyl sites for hydroxylation is 1. The lowest BCUT2D eigenvalue weighted by atomic mass is 10.1. The number of rotatable bonds is 2. The fraction of sp³-hybridized carbons (Fsp3) is 0.500. The molecule has 1 aromatic heterocycles. The molecule has 0 fully saturated rings. The Hall–Kier alpha value is -0.830. The molecule has 0 aliphatic rings. The van der Waals surface area contributed by atoms with Gasteiger partial charge in [-0.05, 0) is 13.3 Å². The number of hydrogen-bond donors (Lipinski definition) is 0. The van der Waals surface area contributed by atoms with Crippen molar-refractivity contribution in [3.8, 4) is 0 Å². The van der Waals surface area contributed by atoms with Gasteiger partial charge >= 0.3 is 0 Å². The van der Waals surface area contributed by atoms with Crippen LogP contribution in [0.4, 0.5) is 0 Å². The lowest BCUT2D eigenvalue weighted by molar-refractivity contribution is 0.101. The summed E-state index contributed by atoms with van der Waals surface area (Å²) in [7, 11) is 1.79. The maximum atomic E-state index is 11.1. The Morgan fingerprint density at radius 1 is 1.67 bits per heavy atom. The molecule has 0 atom stereocenters. The second-order valence-electron chi connectivity index (χ2n) is 2.65. The lowest BCUT2D eigenvalue weighted by Crippen LogP contribution is -2.01. The molecular formula is C8H11ClN2O. The molecule has 0 spiro atoms. The first-order valence-corrected chi connectivity index (χ1v) is 4.18. The molecule has 0 aromatic carbocycles. The number of aromatic nitrogens is 2. The fourth-order valence-corrected chi connectivity index (χ4v) is 1.63. The SMILES string of the molecule is CCc1c(C(C)=O)c(Cl)nn1C. The van der Waals surface area contributed by atoms with Crippen molar-refractivity contribution in [2.75, 3.05) is 0 Å². The molecule has 12 heavy (non-hydrogen) atoms. The van der Waals surface area contributed by atoms with Crippen molar-refractivity contribution in [1.29, 1.82) is 0 Å². The second kappa shape index (κ2) is 3.27. The van der Waals surface area contributed by atoms with Crippen LogP contribution in [0.1, 0.15) is 29.9 Å². The van der Waals surface area contributed by atoms with Crippen LogP contribution in [0.25, 0.3) is 0 Å². The monoisotopic (exact) mass is 186 g/mol. The average Bonchev–Trinajstić information content (AvgIpc) is 2.24. The molecule has 0 bridgehead atoms. The Morgan fingerprint density at radius 3 is 2.58 bits per heavy atom. The van der Waals surface area contributed by atoms with Crippen molar-refractivity contribution in [1.82, 2.24) is 9.78 Å². The van der Waals surface area contributed by atoms with E-state index in [2.05, 4.69) is 5.10 Å². The van der Waals surface area contributed by atoms with E-state index in [-0.39, 0.29) is 5.78 Å². The summed E-state index contributed by atoms with van der Waals surface area (Å²) in [5, 5.41) is 4.27. The van der Waals surface area contributed by atoms with Crippen LogP contribution in [0, 0.1) is 0 Å². The third-order valence-electron chi connectivity index (χ3n) is 1.81. The van der Waals surface area contributed by atoms with Gasteiger partial charge in [-0.3, -0.25) is 9.48 Å². The normalized spacial score (nSPS) is 10.3. The highest BCUT2D eigenvalue weighted by Gasteiger charge is 2.16. The minimum atomic E-state index is -0.0232. The van der Waals surface area contributed by atoms with Crippen LogP contribution in [-0.2, 0) is 13.5 Å². The highest BCUT2D eigenvalue weighted by Crippen LogP contribution is 2.19. The number of hydrogen-bond acceptors (Lipinski definition) is 2. The smallest absolute Gasteiger partial charge is 0.164 e. The molecular weight excluding hydrogens is 176 g/mol. The topological polar surface area (TPSA) is 34.9 Å². The predicted octanol–water partition coefficient (Wildman–Crippen LogP) is 1.84. The molecule has 66 valence electrons. The highest BCUT2D eigenvalue weighted by atomic mass is 35.5. The number of carbonyl (C=O) groups excluding carboxylic acids is 1. The van der Waals surface area contributed by atoms with Gasteiger partial charge in [0.2, 0.25) is 0 Å². The van der Waals surface area contributed by atoms with Gasteiger partial charge in [0.1, 0.15) is 0 Å². The van der Waals surface area contributed by atoms with Gasteiger partial charge in [-0.1, -0.05) is 18.5 Å². The first-order chi connectivity index (χ1) is 5.57. The van der Waals surface area contributed by atoms with Gasteiger partial charge in [0.15, 0.2) is 10.9 Å². The van der Waals surface area contributed by atoms with Crippen molar-refractivity contribution in [2.24, 2.45) is 7.05 Å². The Balaban J connectivity index is 3.32. The van der Waals surface area contributed by atoms with Gasteiger partial charge < -0.3 is 0 Å². The van der Waals surface area contributed by atoms with Gasteiger partial charge in [0, 0.05) is 7.05 Å². The van der Waals surface area contributed by atoms with Gasteiger partial charge in [-0.15, -0.1) is 0 Å². The van der Waals surface area contributed by atoms with E-state index in [4.69, 9.17) is 11.6 Å². The van der Waals surface area contributed by atoms with Crippen molar-refractivity contribution in [2.45, 2.75) is 20.3 Å². The molecule has 0 radical (unpaired) electrons. The fourth-order valence-electron chi connectivity index (χ4n) is 1.28. The summed E-state index contributed by atoms with van der Waals surface area (Å²) in [6.45, 7) is 3.47. The minimum Gasteiger partial charge on any atom is -0.294 e. The summed E-state index contributed by atoms with van der Waals surface area (Å²) in [6, 6.07) is 0. The maximum absolute atomic E-state index is 11.1. The first kappa shape index (κ1) is 9.26. The van der Waals surface area contributed by atoms with Gasteiger partial charge in [-0.2, -0.15) is 5.10 Å². The molecule has 0 unspecified atom stereocenters. The van der Waals surface area contributed by atoms with Crippen molar-refractivity contribution < 1.29 is 4.79 Å². The van der Waals surface area contributed by atoms with Crippen LogP contribution in [0.15, 0.2) is 0 Å². The molecule has 1 heterocycles. The van der Waals surface area contributed by atoms with E-state index >= 15 is 0 Å². The maximum Gasteiger partial charge on any atom is 0.164 e. The highest BCUT2D eigenvalue weighted by molar-refractivity contribution is 6.32. The molecule has 3 nitrogen and oxygen atoms in total. The number of carbonyl (C=O) groups is 1. The Labute approximate surface area is 76.3 Å². The zero-order valence-electron chi connectivity index (χ0n) is 7.39. The van der Waals surface area contributed by atoms with E-state index in [1.54, 1.807) is 11.7 Å². The first-order valence-electron chi connectivity index (χ1n) is 3.80. The third-order valence-corrected chi connectivity index (χ3v) is 2.07. The van der Waals surface area contributed by atoms with Crippen LogP contribution in [0.5, 0.6) is 0 Å². The molecule has 0 amide bonds. The number of nitrogens with zero attached hydrogens (tertiary/aromatic N) is 2. The van der Waals surface area contributed by atoms with Crippen LogP contribution in [0.3, 0.4) is 0 Å². The molecule has 1 rings (SSSR count). The van der Waals surface area contributed by atoms with E-state index in [0.717, 1.165) is 12.1 Å². The Kier molecular flexibility index (Phi) is 2.52. The molecule has 0 aliphatic heterocycles. The number of ketones is 1. The van der Waals surface area contributed by atoms with Crippen LogP contribution in [0.2, 0.25) is 5.15 Å². The van der Waals surface area contributed by atoms with Crippen LogP contribution < -0.4 is 0 Å². The minimum absolute atomic E-state index is 0.0232. The van der Waals surface area contributed by atoms with E-state index in [9.17, 15) is 4.79 Å². The van der Waals surface area contributed by atoms with Crippen LogP contribution in [-0.4, -0.2) is 15.6 Å². The summed E-state index contributed by atoms with van der Waals surface area (Å²) in [5.41, 5.74) is 1.45. The molecule has 0 saturated heterocycles. The summed E-state index contributed by atoms with van der Waals surface area (Å²) >= 11 is 5.77. The summed E-state index contributed by atoms with van der Waals surface area (Å²) < 4.78 is 1.65. The van der Waals surface area contributed by atoms with Gasteiger partial charge in [0.25, 0.3) is 0 Å². The summed E-state index contributed by atoms with van der Waals surface area (Å²) in [4.78, 5) is 11.1. The summed E-state index contributed by atoms with van der Waals surface area (Å²) in [6.07, 6.45) is 0.769. The van der Waals surface area contributed by atoms with Gasteiger partial charge in [0.05, 0.1) is 11.3 Å². The summed E-state index contributed by atoms with van der Waals surface area (Å²) in [5.74, 6) is -0.0232. The number of halogens is 1. The van der Waals surface area contributed by atoms with E-state index in [1.165, 1.54) is 6.92 Å². The molecule has 1 aromatic rings. The van der Waals surface area contributed by atoms with Crippen molar-refractivity contribution in [3.05, 3.63) is 16.4 Å². The average molecular weight is 187 g/mol. The van der Waals surface area contributed by atoms with E-state index < -0.39 is 0 Å². The van der Waals surface area contributed by atoms with Crippen molar-refractivity contribution >= 4 is 17.4 Å².